The maximum absolute atomic E-state index is 11.6. The van der Waals surface area contributed by atoms with Crippen LogP contribution in [0.3, 0.4) is 0 Å². The summed E-state index contributed by atoms with van der Waals surface area (Å²) in [6, 6.07) is -0.0913. The Kier molecular flexibility index (Phi) is 7.58. The van der Waals surface area contributed by atoms with Gasteiger partial charge in [-0.3, -0.25) is 0 Å². The molecule has 0 rings (SSSR count). The molecule has 0 aliphatic carbocycles. The highest BCUT2D eigenvalue weighted by Gasteiger charge is 2.34. The lowest BCUT2D eigenvalue weighted by molar-refractivity contribution is 0.0580. The molecule has 0 bridgehead atoms. The molecule has 0 radical (unpaired) electrons. The molecule has 0 fully saturated rings. The summed E-state index contributed by atoms with van der Waals surface area (Å²) in [5, 5.41) is 10.3. The van der Waals surface area contributed by atoms with Crippen molar-refractivity contribution in [2.24, 2.45) is 11.3 Å². The molecule has 0 amide bonds. The topological polar surface area (TPSA) is 60.9 Å². The van der Waals surface area contributed by atoms with Gasteiger partial charge < -0.3 is 14.9 Å². The third-order valence-electron chi connectivity index (χ3n) is 4.48. The number of likely N-dealkylation sites (N-methyl/N-ethyl adjacent to an activating group) is 2. The fourth-order valence-corrected chi connectivity index (χ4v) is 4.21. The average molecular weight is 335 g/mol. The molecule has 0 saturated heterocycles. The molecular weight excluding hydrogens is 300 g/mol. The Morgan fingerprint density at radius 1 is 1.23 bits per heavy atom. The van der Waals surface area contributed by atoms with E-state index in [0.29, 0.717) is 6.54 Å². The largest absolute Gasteiger partial charge is 0.390 e. The molecule has 1 N–H and O–H groups in total. The van der Waals surface area contributed by atoms with E-state index >= 15 is 0 Å². The van der Waals surface area contributed by atoms with Crippen LogP contribution in [0.2, 0.25) is 0 Å². The van der Waals surface area contributed by atoms with E-state index in [9.17, 15) is 13.5 Å². The Hall–Kier alpha value is -0.590. The van der Waals surface area contributed by atoms with Crippen LogP contribution in [0.1, 0.15) is 27.7 Å². The molecule has 3 unspecified atom stereocenters. The minimum atomic E-state index is -3.05. The molecule has 22 heavy (non-hydrogen) atoms. The van der Waals surface area contributed by atoms with Crippen molar-refractivity contribution < 1.29 is 13.5 Å². The second-order valence-electron chi connectivity index (χ2n) is 7.45. The highest BCUT2D eigenvalue weighted by atomic mass is 32.2. The zero-order valence-corrected chi connectivity index (χ0v) is 16.2. The third-order valence-corrected chi connectivity index (χ3v) is 5.75. The van der Waals surface area contributed by atoms with Crippen LogP contribution in [-0.4, -0.2) is 75.2 Å². The number of hydrogen-bond acceptors (Lipinski definition) is 5. The Morgan fingerprint density at radius 2 is 1.68 bits per heavy atom. The zero-order chi connectivity index (χ0) is 17.9. The van der Waals surface area contributed by atoms with Gasteiger partial charge in [-0.05, 0) is 26.4 Å². The molecule has 6 heteroatoms. The van der Waals surface area contributed by atoms with Crippen LogP contribution >= 0.6 is 0 Å². The van der Waals surface area contributed by atoms with Gasteiger partial charge in [-0.1, -0.05) is 27.4 Å². The smallest absolute Gasteiger partial charge is 0.148 e. The first kappa shape index (κ1) is 21.4. The first-order valence-corrected chi connectivity index (χ1v) is 9.67. The summed E-state index contributed by atoms with van der Waals surface area (Å²) < 4.78 is 23.2. The number of hydrogen-bond donors (Lipinski definition) is 1. The van der Waals surface area contributed by atoms with Crippen molar-refractivity contribution in [3.05, 3.63) is 12.3 Å². The van der Waals surface area contributed by atoms with E-state index in [4.69, 9.17) is 0 Å². The molecule has 0 aromatic rings. The Bertz CT molecular complexity index is 472. The number of nitrogens with zero attached hydrogens (tertiary/aromatic N) is 2. The molecule has 0 spiro atoms. The first-order chi connectivity index (χ1) is 9.69. The lowest BCUT2D eigenvalue weighted by Crippen LogP contribution is -2.46. The summed E-state index contributed by atoms with van der Waals surface area (Å²) in [7, 11) is 2.69. The van der Waals surface area contributed by atoms with Gasteiger partial charge in [-0.15, -0.1) is 0 Å². The molecule has 0 aliphatic rings. The van der Waals surface area contributed by atoms with Gasteiger partial charge in [0.15, 0.2) is 0 Å². The lowest BCUT2D eigenvalue weighted by atomic mass is 9.79. The van der Waals surface area contributed by atoms with Crippen molar-refractivity contribution in [1.82, 2.24) is 9.80 Å². The van der Waals surface area contributed by atoms with Crippen LogP contribution in [0.15, 0.2) is 12.3 Å². The average Bonchev–Trinajstić information content (AvgIpc) is 2.31. The summed E-state index contributed by atoms with van der Waals surface area (Å²) in [6.45, 7) is 12.5. The minimum Gasteiger partial charge on any atom is -0.390 e. The normalized spacial score (nSPS) is 17.2. The molecule has 0 heterocycles. The second kappa shape index (κ2) is 7.79. The number of allylic oxidation sites excluding steroid dienone is 1. The van der Waals surface area contributed by atoms with Gasteiger partial charge in [0.05, 0.1) is 17.9 Å². The summed E-state index contributed by atoms with van der Waals surface area (Å²) in [4.78, 5) is 3.90. The van der Waals surface area contributed by atoms with Crippen molar-refractivity contribution in [2.45, 2.75) is 39.8 Å². The monoisotopic (exact) mass is 334 g/mol. The van der Waals surface area contributed by atoms with Crippen molar-refractivity contribution in [3.8, 4) is 0 Å². The van der Waals surface area contributed by atoms with Crippen LogP contribution in [0.5, 0.6) is 0 Å². The van der Waals surface area contributed by atoms with Gasteiger partial charge in [0, 0.05) is 31.5 Å². The van der Waals surface area contributed by atoms with Crippen molar-refractivity contribution >= 4 is 9.84 Å². The standard InChI is InChI=1S/C16H34N2O3S/c1-12(16(4,5)11-22(9,20)21)13(2)18(8)14(3)15(19)10-17(6)7/h12,14-15,19H,2,10-11H2,1,3-9H3. The quantitative estimate of drug-likeness (QED) is 0.691. The second-order valence-corrected chi connectivity index (χ2v) is 9.59. The van der Waals surface area contributed by atoms with E-state index in [1.54, 1.807) is 0 Å². The van der Waals surface area contributed by atoms with Crippen molar-refractivity contribution in [1.29, 1.82) is 0 Å². The number of aliphatic hydroxyl groups excluding tert-OH is 1. The first-order valence-electron chi connectivity index (χ1n) is 7.61. The highest BCUT2D eigenvalue weighted by Crippen LogP contribution is 2.34. The van der Waals surface area contributed by atoms with Crippen LogP contribution in [-0.2, 0) is 9.84 Å². The van der Waals surface area contributed by atoms with E-state index in [1.807, 2.05) is 58.6 Å². The van der Waals surface area contributed by atoms with E-state index in [2.05, 4.69) is 6.58 Å². The number of sulfone groups is 1. The van der Waals surface area contributed by atoms with E-state index in [0.717, 1.165) is 5.70 Å². The SMILES string of the molecule is C=C(C(C)C(C)(C)CS(C)(=O)=O)N(C)C(C)C(O)CN(C)C. The number of rotatable bonds is 9. The van der Waals surface area contributed by atoms with Gasteiger partial charge in [0.25, 0.3) is 0 Å². The fourth-order valence-electron chi connectivity index (χ4n) is 2.60. The summed E-state index contributed by atoms with van der Waals surface area (Å²) in [5.41, 5.74) is 0.435. The summed E-state index contributed by atoms with van der Waals surface area (Å²) in [6.07, 6.45) is 0.763. The third kappa shape index (κ3) is 6.67. The van der Waals surface area contributed by atoms with E-state index in [-0.39, 0.29) is 17.7 Å². The maximum Gasteiger partial charge on any atom is 0.148 e. The van der Waals surface area contributed by atoms with Crippen LogP contribution < -0.4 is 0 Å². The fraction of sp³-hybridized carbons (Fsp3) is 0.875. The van der Waals surface area contributed by atoms with Crippen molar-refractivity contribution in [3.63, 3.8) is 0 Å². The predicted molar refractivity (Wildman–Crippen MR) is 93.6 cm³/mol. The maximum atomic E-state index is 11.6. The van der Waals surface area contributed by atoms with Gasteiger partial charge in [-0.2, -0.15) is 0 Å². The molecule has 0 saturated carbocycles. The number of aliphatic hydroxyl groups is 1. The molecule has 0 aromatic heterocycles. The summed E-state index contributed by atoms with van der Waals surface area (Å²) >= 11 is 0. The van der Waals surface area contributed by atoms with Crippen LogP contribution in [0.4, 0.5) is 0 Å². The van der Waals surface area contributed by atoms with Gasteiger partial charge in [-0.25, -0.2) is 8.42 Å². The van der Waals surface area contributed by atoms with Crippen LogP contribution in [0.25, 0.3) is 0 Å². The predicted octanol–water partition coefficient (Wildman–Crippen LogP) is 1.45. The highest BCUT2D eigenvalue weighted by molar-refractivity contribution is 7.90. The van der Waals surface area contributed by atoms with E-state index in [1.165, 1.54) is 6.26 Å². The minimum absolute atomic E-state index is 0.0127. The van der Waals surface area contributed by atoms with Gasteiger partial charge in [0.1, 0.15) is 9.84 Å². The molecule has 5 nitrogen and oxygen atoms in total. The Labute approximate surface area is 136 Å². The van der Waals surface area contributed by atoms with Gasteiger partial charge in [0.2, 0.25) is 0 Å². The van der Waals surface area contributed by atoms with E-state index < -0.39 is 21.4 Å². The summed E-state index contributed by atoms with van der Waals surface area (Å²) in [5.74, 6) is 0.101. The van der Waals surface area contributed by atoms with Gasteiger partial charge >= 0.3 is 0 Å². The lowest BCUT2D eigenvalue weighted by Gasteiger charge is -2.40. The Balaban J connectivity index is 5.01. The molecular formula is C16H34N2O3S. The molecule has 3 atom stereocenters. The molecule has 132 valence electrons. The zero-order valence-electron chi connectivity index (χ0n) is 15.4. The molecule has 0 aromatic carbocycles. The molecule has 0 aliphatic heterocycles. The van der Waals surface area contributed by atoms with Crippen molar-refractivity contribution in [2.75, 3.05) is 39.7 Å². The van der Waals surface area contributed by atoms with Crippen LogP contribution in [0, 0.1) is 11.3 Å². The Morgan fingerprint density at radius 3 is 2.05 bits per heavy atom.